The lowest BCUT2D eigenvalue weighted by molar-refractivity contribution is 0.525. The molecule has 0 bridgehead atoms. The predicted molar refractivity (Wildman–Crippen MR) is 74.7 cm³/mol. The smallest absolute Gasteiger partial charge is 0.0408 e. The Labute approximate surface area is 110 Å². The fourth-order valence-corrected chi connectivity index (χ4v) is 3.26. The van der Waals surface area contributed by atoms with Crippen molar-refractivity contribution in [3.63, 3.8) is 0 Å². The molecule has 2 heteroatoms. The Morgan fingerprint density at radius 2 is 2.06 bits per heavy atom. The van der Waals surface area contributed by atoms with Crippen molar-refractivity contribution in [3.8, 4) is 0 Å². The third-order valence-electron chi connectivity index (χ3n) is 4.23. The van der Waals surface area contributed by atoms with Crippen LogP contribution in [0.2, 0.25) is 5.02 Å². The van der Waals surface area contributed by atoms with Gasteiger partial charge in [0.05, 0.1) is 0 Å². The highest BCUT2D eigenvalue weighted by molar-refractivity contribution is 6.30. The summed E-state index contributed by atoms with van der Waals surface area (Å²) in [7, 11) is 0. The number of nitrogens with one attached hydrogen (secondary N) is 1. The number of halogens is 1. The molecular weight excluding hydrogens is 230 g/mol. The first-order valence-corrected chi connectivity index (χ1v) is 6.83. The molecule has 2 rings (SSSR count). The molecule has 1 aromatic carbocycles. The normalized spacial score (nSPS) is 25.9. The van der Waals surface area contributed by atoms with E-state index < -0.39 is 0 Å². The Kier molecular flexibility index (Phi) is 3.51. The van der Waals surface area contributed by atoms with Crippen LogP contribution in [0, 0.1) is 18.3 Å². The Morgan fingerprint density at radius 1 is 1.35 bits per heavy atom. The van der Waals surface area contributed by atoms with E-state index in [1.807, 2.05) is 6.07 Å². The van der Waals surface area contributed by atoms with Gasteiger partial charge < -0.3 is 5.32 Å². The third kappa shape index (κ3) is 2.36. The minimum Gasteiger partial charge on any atom is -0.317 e. The molecule has 0 aromatic heterocycles. The van der Waals surface area contributed by atoms with Gasteiger partial charge in [0.25, 0.3) is 0 Å². The maximum absolute atomic E-state index is 6.02. The lowest BCUT2D eigenvalue weighted by Gasteiger charge is -2.07. The van der Waals surface area contributed by atoms with Gasteiger partial charge in [0.15, 0.2) is 0 Å². The Morgan fingerprint density at radius 3 is 2.65 bits per heavy atom. The SMILES string of the molecule is CCNCC1C(c2ccc(Cl)cc2C)C1(C)C. The molecule has 0 spiro atoms. The molecule has 1 N–H and O–H groups in total. The van der Waals surface area contributed by atoms with Crippen LogP contribution in [0.25, 0.3) is 0 Å². The van der Waals surface area contributed by atoms with Crippen molar-refractivity contribution in [1.29, 1.82) is 0 Å². The molecule has 0 saturated heterocycles. The summed E-state index contributed by atoms with van der Waals surface area (Å²) >= 11 is 6.02. The maximum Gasteiger partial charge on any atom is 0.0408 e. The van der Waals surface area contributed by atoms with Crippen LogP contribution in [-0.2, 0) is 0 Å². The summed E-state index contributed by atoms with van der Waals surface area (Å²) in [6.07, 6.45) is 0. The van der Waals surface area contributed by atoms with E-state index in [-0.39, 0.29) is 0 Å². The van der Waals surface area contributed by atoms with Gasteiger partial charge in [-0.3, -0.25) is 0 Å². The van der Waals surface area contributed by atoms with E-state index in [9.17, 15) is 0 Å². The first kappa shape index (κ1) is 12.9. The van der Waals surface area contributed by atoms with Crippen molar-refractivity contribution < 1.29 is 0 Å². The van der Waals surface area contributed by atoms with Gasteiger partial charge in [-0.2, -0.15) is 0 Å². The van der Waals surface area contributed by atoms with E-state index in [2.05, 4.69) is 45.1 Å². The minimum absolute atomic E-state index is 0.417. The molecule has 0 amide bonds. The van der Waals surface area contributed by atoms with E-state index in [0.29, 0.717) is 11.3 Å². The van der Waals surface area contributed by atoms with Crippen molar-refractivity contribution in [2.45, 2.75) is 33.6 Å². The van der Waals surface area contributed by atoms with E-state index in [0.717, 1.165) is 24.0 Å². The second-order valence-electron chi connectivity index (χ2n) is 5.71. The standard InChI is InChI=1S/C15H22ClN/c1-5-17-9-13-14(15(13,3)4)12-7-6-11(16)8-10(12)2/h6-8,13-14,17H,5,9H2,1-4H3. The van der Waals surface area contributed by atoms with Crippen LogP contribution in [-0.4, -0.2) is 13.1 Å². The number of hydrogen-bond acceptors (Lipinski definition) is 1. The lowest BCUT2D eigenvalue weighted by Crippen LogP contribution is -2.17. The van der Waals surface area contributed by atoms with Crippen molar-refractivity contribution in [2.24, 2.45) is 11.3 Å². The van der Waals surface area contributed by atoms with E-state index in [1.165, 1.54) is 11.1 Å². The molecular formula is C15H22ClN. The Hall–Kier alpha value is -0.530. The molecule has 1 saturated carbocycles. The molecule has 0 aliphatic heterocycles. The highest BCUT2D eigenvalue weighted by Crippen LogP contribution is 2.64. The molecule has 1 aliphatic rings. The van der Waals surface area contributed by atoms with Crippen LogP contribution in [0.5, 0.6) is 0 Å². The topological polar surface area (TPSA) is 12.0 Å². The lowest BCUT2D eigenvalue weighted by atomic mass is 9.99. The van der Waals surface area contributed by atoms with Crippen LogP contribution in [0.3, 0.4) is 0 Å². The summed E-state index contributed by atoms with van der Waals surface area (Å²) in [5, 5.41) is 4.31. The van der Waals surface area contributed by atoms with Gasteiger partial charge in [-0.25, -0.2) is 0 Å². The summed E-state index contributed by atoms with van der Waals surface area (Å²) in [5.41, 5.74) is 3.22. The van der Waals surface area contributed by atoms with Crippen LogP contribution < -0.4 is 5.32 Å². The largest absolute Gasteiger partial charge is 0.317 e. The summed E-state index contributed by atoms with van der Waals surface area (Å²) in [4.78, 5) is 0. The van der Waals surface area contributed by atoms with Gasteiger partial charge in [0, 0.05) is 5.02 Å². The number of aryl methyl sites for hydroxylation is 1. The Bertz CT molecular complexity index is 411. The molecule has 1 fully saturated rings. The van der Waals surface area contributed by atoms with Gasteiger partial charge in [-0.1, -0.05) is 38.4 Å². The minimum atomic E-state index is 0.417. The van der Waals surface area contributed by atoms with Gasteiger partial charge in [-0.15, -0.1) is 0 Å². The highest BCUT2D eigenvalue weighted by atomic mass is 35.5. The van der Waals surface area contributed by atoms with Crippen LogP contribution in [0.1, 0.15) is 37.8 Å². The summed E-state index contributed by atoms with van der Waals surface area (Å²) in [6.45, 7) is 11.2. The van der Waals surface area contributed by atoms with Crippen LogP contribution in [0.4, 0.5) is 0 Å². The zero-order valence-corrected chi connectivity index (χ0v) is 11.9. The van der Waals surface area contributed by atoms with Gasteiger partial charge in [0.1, 0.15) is 0 Å². The average Bonchev–Trinajstić information content (AvgIpc) is 2.78. The number of rotatable bonds is 4. The summed E-state index contributed by atoms with van der Waals surface area (Å²) in [5.74, 6) is 1.43. The summed E-state index contributed by atoms with van der Waals surface area (Å²) in [6, 6.07) is 6.30. The first-order chi connectivity index (χ1) is 7.98. The quantitative estimate of drug-likeness (QED) is 0.853. The van der Waals surface area contributed by atoms with Crippen LogP contribution in [0.15, 0.2) is 18.2 Å². The van der Waals surface area contributed by atoms with E-state index >= 15 is 0 Å². The maximum atomic E-state index is 6.02. The second kappa shape index (κ2) is 4.62. The molecule has 2 unspecified atom stereocenters. The summed E-state index contributed by atoms with van der Waals surface area (Å²) < 4.78 is 0. The van der Waals surface area contributed by atoms with Crippen molar-refractivity contribution >= 4 is 11.6 Å². The zero-order valence-electron chi connectivity index (χ0n) is 11.2. The predicted octanol–water partition coefficient (Wildman–Crippen LogP) is 4.00. The zero-order chi connectivity index (χ0) is 12.6. The van der Waals surface area contributed by atoms with Crippen molar-refractivity contribution in [2.75, 3.05) is 13.1 Å². The highest BCUT2D eigenvalue weighted by Gasteiger charge is 2.57. The van der Waals surface area contributed by atoms with Gasteiger partial charge in [0.2, 0.25) is 0 Å². The average molecular weight is 252 g/mol. The molecule has 94 valence electrons. The molecule has 0 heterocycles. The van der Waals surface area contributed by atoms with Crippen molar-refractivity contribution in [1.82, 2.24) is 5.32 Å². The molecule has 17 heavy (non-hydrogen) atoms. The third-order valence-corrected chi connectivity index (χ3v) is 4.47. The Balaban J connectivity index is 2.18. The van der Waals surface area contributed by atoms with E-state index in [1.54, 1.807) is 0 Å². The fourth-order valence-electron chi connectivity index (χ4n) is 3.03. The molecule has 1 nitrogen and oxygen atoms in total. The fraction of sp³-hybridized carbons (Fsp3) is 0.600. The van der Waals surface area contributed by atoms with Crippen LogP contribution >= 0.6 is 11.6 Å². The molecule has 0 radical (unpaired) electrons. The monoisotopic (exact) mass is 251 g/mol. The second-order valence-corrected chi connectivity index (χ2v) is 6.15. The van der Waals surface area contributed by atoms with Crippen molar-refractivity contribution in [3.05, 3.63) is 34.3 Å². The van der Waals surface area contributed by atoms with Gasteiger partial charge in [-0.05, 0) is 60.5 Å². The number of hydrogen-bond donors (Lipinski definition) is 1. The molecule has 1 aliphatic carbocycles. The molecule has 1 aromatic rings. The molecule has 2 atom stereocenters. The number of benzene rings is 1. The van der Waals surface area contributed by atoms with E-state index in [4.69, 9.17) is 11.6 Å². The van der Waals surface area contributed by atoms with Gasteiger partial charge >= 0.3 is 0 Å². The first-order valence-electron chi connectivity index (χ1n) is 6.45.